The number of hydrogen-bond acceptors (Lipinski definition) is 3. The number of amides is 2. The molecule has 0 fully saturated rings. The molecule has 134 valence electrons. The van der Waals surface area contributed by atoms with Crippen LogP contribution in [0.5, 0.6) is 0 Å². The number of carbonyl (C=O) groups excluding carboxylic acids is 2. The summed E-state index contributed by atoms with van der Waals surface area (Å²) >= 11 is 0. The molecular weight excluding hydrogens is 318 g/mol. The summed E-state index contributed by atoms with van der Waals surface area (Å²) in [6, 6.07) is 11.4. The molecule has 25 heavy (non-hydrogen) atoms. The van der Waals surface area contributed by atoms with E-state index in [1.54, 1.807) is 11.0 Å². The quantitative estimate of drug-likeness (QED) is 0.699. The van der Waals surface area contributed by atoms with Crippen LogP contribution in [0.15, 0.2) is 53.3 Å². The smallest absolute Gasteiger partial charge is 0.257 e. The van der Waals surface area contributed by atoms with E-state index in [2.05, 4.69) is 5.32 Å². The number of carbonyl (C=O) groups is 2. The second-order valence-electron chi connectivity index (χ2n) is 6.28. The first-order valence-electron chi connectivity index (χ1n) is 8.47. The summed E-state index contributed by atoms with van der Waals surface area (Å²) < 4.78 is 5.01. The fourth-order valence-corrected chi connectivity index (χ4v) is 2.40. The molecule has 0 radical (unpaired) electrons. The summed E-state index contributed by atoms with van der Waals surface area (Å²) in [5.41, 5.74) is 1.52. The normalized spacial score (nSPS) is 10.7. The van der Waals surface area contributed by atoms with Crippen LogP contribution in [0, 0.1) is 0 Å². The minimum absolute atomic E-state index is 0.0423. The average Bonchev–Trinajstić information content (AvgIpc) is 3.13. The maximum atomic E-state index is 12.7. The summed E-state index contributed by atoms with van der Waals surface area (Å²) in [7, 11) is 4.08. The zero-order valence-corrected chi connectivity index (χ0v) is 14.8. The molecule has 1 aromatic carbocycles. The summed E-state index contributed by atoms with van der Waals surface area (Å²) in [6.07, 6.45) is 3.18. The Morgan fingerprint density at radius 1 is 1.16 bits per heavy atom. The zero-order chi connectivity index (χ0) is 18.1. The number of quaternary nitrogens is 1. The highest BCUT2D eigenvalue weighted by Gasteiger charge is 2.18. The third-order valence-corrected chi connectivity index (χ3v) is 3.83. The molecule has 0 saturated heterocycles. The highest BCUT2D eigenvalue weighted by Crippen LogP contribution is 2.11. The molecule has 0 aliphatic rings. The van der Waals surface area contributed by atoms with Gasteiger partial charge in [-0.3, -0.25) is 9.59 Å². The van der Waals surface area contributed by atoms with Gasteiger partial charge in [0.15, 0.2) is 0 Å². The summed E-state index contributed by atoms with van der Waals surface area (Å²) in [5, 5.41) is 2.89. The minimum atomic E-state index is -0.136. The first-order chi connectivity index (χ1) is 12.1. The Bertz CT molecular complexity index is 654. The lowest BCUT2D eigenvalue weighted by Gasteiger charge is -2.22. The van der Waals surface area contributed by atoms with Gasteiger partial charge in [-0.05, 0) is 11.6 Å². The van der Waals surface area contributed by atoms with Crippen LogP contribution in [0.3, 0.4) is 0 Å². The second-order valence-corrected chi connectivity index (χ2v) is 6.28. The predicted octanol–water partition coefficient (Wildman–Crippen LogP) is 0.573. The molecule has 1 heterocycles. The third-order valence-electron chi connectivity index (χ3n) is 3.83. The van der Waals surface area contributed by atoms with Crippen LogP contribution in [0.2, 0.25) is 0 Å². The largest absolute Gasteiger partial charge is 0.472 e. The predicted molar refractivity (Wildman–Crippen MR) is 95.2 cm³/mol. The van der Waals surface area contributed by atoms with E-state index in [-0.39, 0.29) is 18.2 Å². The Kier molecular flexibility index (Phi) is 7.22. The van der Waals surface area contributed by atoms with Crippen molar-refractivity contribution in [1.82, 2.24) is 10.2 Å². The highest BCUT2D eigenvalue weighted by molar-refractivity contribution is 5.94. The molecule has 1 aromatic heterocycles. The lowest BCUT2D eigenvalue weighted by Crippen LogP contribution is -3.06. The standard InChI is InChI=1S/C19H25N3O3/c1-21(2)12-10-20-18(23)8-11-22(14-16-6-4-3-5-7-16)19(24)17-9-13-25-15-17/h3-7,9,13,15H,8,10-12,14H2,1-2H3,(H,20,23)/p+1. The average molecular weight is 344 g/mol. The fourth-order valence-electron chi connectivity index (χ4n) is 2.40. The van der Waals surface area contributed by atoms with Crippen LogP contribution in [0.25, 0.3) is 0 Å². The van der Waals surface area contributed by atoms with Crippen LogP contribution in [-0.4, -0.2) is 50.4 Å². The molecule has 2 rings (SSSR count). The number of hydrogen-bond donors (Lipinski definition) is 2. The van der Waals surface area contributed by atoms with Gasteiger partial charge in [0.25, 0.3) is 5.91 Å². The number of nitrogens with one attached hydrogen (secondary N) is 2. The topological polar surface area (TPSA) is 67.0 Å². The van der Waals surface area contributed by atoms with Crippen molar-refractivity contribution in [2.45, 2.75) is 13.0 Å². The van der Waals surface area contributed by atoms with E-state index in [0.29, 0.717) is 25.2 Å². The first kappa shape index (κ1) is 18.7. The van der Waals surface area contributed by atoms with Gasteiger partial charge in [-0.1, -0.05) is 30.3 Å². The van der Waals surface area contributed by atoms with Crippen LogP contribution in [0.4, 0.5) is 0 Å². The summed E-state index contributed by atoms with van der Waals surface area (Å²) in [6.45, 7) is 2.32. The molecule has 6 nitrogen and oxygen atoms in total. The Morgan fingerprint density at radius 2 is 1.92 bits per heavy atom. The van der Waals surface area contributed by atoms with E-state index in [1.165, 1.54) is 17.4 Å². The summed E-state index contributed by atoms with van der Waals surface area (Å²) in [4.78, 5) is 27.6. The van der Waals surface area contributed by atoms with Crippen LogP contribution >= 0.6 is 0 Å². The van der Waals surface area contributed by atoms with E-state index in [0.717, 1.165) is 12.1 Å². The van der Waals surface area contributed by atoms with Crippen molar-refractivity contribution in [2.75, 3.05) is 33.7 Å². The van der Waals surface area contributed by atoms with Crippen molar-refractivity contribution in [3.05, 3.63) is 60.1 Å². The van der Waals surface area contributed by atoms with Gasteiger partial charge in [-0.15, -0.1) is 0 Å². The van der Waals surface area contributed by atoms with Gasteiger partial charge in [0, 0.05) is 19.5 Å². The Labute approximate surface area is 148 Å². The van der Waals surface area contributed by atoms with Gasteiger partial charge in [0.2, 0.25) is 5.91 Å². The number of likely N-dealkylation sites (N-methyl/N-ethyl adjacent to an activating group) is 1. The molecule has 2 aromatic rings. The van der Waals surface area contributed by atoms with Crippen molar-refractivity contribution >= 4 is 11.8 Å². The molecule has 0 atom stereocenters. The Hall–Kier alpha value is -2.60. The maximum absolute atomic E-state index is 12.7. The van der Waals surface area contributed by atoms with E-state index >= 15 is 0 Å². The van der Waals surface area contributed by atoms with Crippen molar-refractivity contribution in [1.29, 1.82) is 0 Å². The minimum Gasteiger partial charge on any atom is -0.472 e. The molecule has 0 unspecified atom stereocenters. The van der Waals surface area contributed by atoms with Crippen molar-refractivity contribution in [3.63, 3.8) is 0 Å². The number of furan rings is 1. The monoisotopic (exact) mass is 344 g/mol. The van der Waals surface area contributed by atoms with Gasteiger partial charge in [-0.25, -0.2) is 0 Å². The molecule has 0 saturated carbocycles. The van der Waals surface area contributed by atoms with E-state index in [4.69, 9.17) is 4.42 Å². The van der Waals surface area contributed by atoms with Crippen molar-refractivity contribution in [2.24, 2.45) is 0 Å². The van der Waals surface area contributed by atoms with Crippen LogP contribution in [-0.2, 0) is 11.3 Å². The van der Waals surface area contributed by atoms with E-state index in [9.17, 15) is 9.59 Å². The molecule has 2 amide bonds. The highest BCUT2D eigenvalue weighted by atomic mass is 16.3. The van der Waals surface area contributed by atoms with Crippen LogP contribution < -0.4 is 10.2 Å². The first-order valence-corrected chi connectivity index (χ1v) is 8.47. The SMILES string of the molecule is C[NH+](C)CCNC(=O)CCN(Cc1ccccc1)C(=O)c1ccoc1. The van der Waals surface area contributed by atoms with Crippen molar-refractivity contribution in [3.8, 4) is 0 Å². The molecule has 0 aliphatic carbocycles. The van der Waals surface area contributed by atoms with Gasteiger partial charge in [0.1, 0.15) is 6.26 Å². The van der Waals surface area contributed by atoms with Gasteiger partial charge < -0.3 is 19.5 Å². The van der Waals surface area contributed by atoms with Crippen LogP contribution in [0.1, 0.15) is 22.3 Å². The maximum Gasteiger partial charge on any atom is 0.257 e. The van der Waals surface area contributed by atoms with Gasteiger partial charge >= 0.3 is 0 Å². The van der Waals surface area contributed by atoms with E-state index < -0.39 is 0 Å². The molecule has 2 N–H and O–H groups in total. The van der Waals surface area contributed by atoms with E-state index in [1.807, 2.05) is 44.4 Å². The lowest BCUT2D eigenvalue weighted by molar-refractivity contribution is -0.856. The molecule has 0 bridgehead atoms. The zero-order valence-electron chi connectivity index (χ0n) is 14.8. The van der Waals surface area contributed by atoms with Gasteiger partial charge in [-0.2, -0.15) is 0 Å². The molecule has 6 heteroatoms. The lowest BCUT2D eigenvalue weighted by atomic mass is 10.2. The molecular formula is C19H26N3O3+. The molecule has 0 spiro atoms. The molecule has 0 aliphatic heterocycles. The Morgan fingerprint density at radius 3 is 2.56 bits per heavy atom. The third kappa shape index (κ3) is 6.43. The van der Waals surface area contributed by atoms with Crippen molar-refractivity contribution < 1.29 is 18.9 Å². The van der Waals surface area contributed by atoms with Gasteiger partial charge in [0.05, 0.1) is 39.0 Å². The number of rotatable bonds is 9. The fraction of sp³-hybridized carbons (Fsp3) is 0.368. The second kappa shape index (κ2) is 9.64. The Balaban J connectivity index is 1.94. The summed E-state index contributed by atoms with van der Waals surface area (Å²) in [5.74, 6) is -0.178. The number of nitrogens with zero attached hydrogens (tertiary/aromatic N) is 1. The number of benzene rings is 1.